The summed E-state index contributed by atoms with van der Waals surface area (Å²) < 4.78 is 31.7. The summed E-state index contributed by atoms with van der Waals surface area (Å²) in [5, 5.41) is 10.0. The molecular weight excluding hydrogens is 458 g/mol. The number of esters is 1. The third-order valence-electron chi connectivity index (χ3n) is 4.70. The van der Waals surface area contributed by atoms with Crippen molar-refractivity contribution < 1.29 is 23.1 Å². The average molecular weight is 482 g/mol. The van der Waals surface area contributed by atoms with Gasteiger partial charge in [-0.05, 0) is 37.6 Å². The van der Waals surface area contributed by atoms with Gasteiger partial charge in [0.15, 0.2) is 11.6 Å². The van der Waals surface area contributed by atoms with Crippen molar-refractivity contribution in [2.45, 2.75) is 20.3 Å². The molecular formula is C24H24F2N6O3. The van der Waals surface area contributed by atoms with E-state index >= 15 is 0 Å². The van der Waals surface area contributed by atoms with E-state index in [2.05, 4.69) is 32.3 Å². The van der Waals surface area contributed by atoms with Crippen LogP contribution in [0, 0.1) is 0 Å². The van der Waals surface area contributed by atoms with E-state index in [4.69, 9.17) is 4.74 Å². The van der Waals surface area contributed by atoms with E-state index in [-0.39, 0.29) is 30.1 Å². The minimum atomic E-state index is -2.54. The van der Waals surface area contributed by atoms with Crippen molar-refractivity contribution in [3.63, 3.8) is 0 Å². The summed E-state index contributed by atoms with van der Waals surface area (Å²) in [6.45, 7) is 6.85. The highest BCUT2D eigenvalue weighted by Crippen LogP contribution is 2.24. The number of alkyl halides is 2. The molecule has 3 aromatic rings. The molecule has 0 radical (unpaired) electrons. The molecule has 2 N–H and O–H groups in total. The van der Waals surface area contributed by atoms with Crippen LogP contribution in [-0.2, 0) is 9.53 Å². The molecule has 35 heavy (non-hydrogen) atoms. The summed E-state index contributed by atoms with van der Waals surface area (Å²) in [4.78, 5) is 32.7. The van der Waals surface area contributed by atoms with Crippen molar-refractivity contribution in [2.24, 2.45) is 0 Å². The van der Waals surface area contributed by atoms with Crippen LogP contribution in [0.2, 0.25) is 0 Å². The molecule has 3 aromatic heterocycles. The maximum Gasteiger partial charge on any atom is 0.325 e. The fraction of sp³-hybridized carbons (Fsp3) is 0.208. The number of nitrogens with zero attached hydrogens (tertiary/aromatic N) is 4. The fourth-order valence-electron chi connectivity index (χ4n) is 2.90. The molecule has 0 atom stereocenters. The van der Waals surface area contributed by atoms with Crippen LogP contribution in [-0.4, -0.2) is 51.0 Å². The van der Waals surface area contributed by atoms with Gasteiger partial charge in [-0.3, -0.25) is 14.6 Å². The van der Waals surface area contributed by atoms with Gasteiger partial charge in [-0.15, -0.1) is 5.10 Å². The van der Waals surface area contributed by atoms with Gasteiger partial charge >= 0.3 is 5.97 Å². The van der Waals surface area contributed by atoms with Gasteiger partial charge in [-0.2, -0.15) is 0 Å². The molecule has 182 valence electrons. The second-order valence-electron chi connectivity index (χ2n) is 7.25. The number of hydrogen-bond donors (Lipinski definition) is 2. The first-order valence-electron chi connectivity index (χ1n) is 10.6. The zero-order chi connectivity index (χ0) is 25.4. The van der Waals surface area contributed by atoms with Crippen LogP contribution in [0.5, 0.6) is 0 Å². The molecule has 9 nitrogen and oxygen atoms in total. The number of hydrogen-bond acceptors (Lipinski definition) is 7. The van der Waals surface area contributed by atoms with Crippen LogP contribution in [0.3, 0.4) is 0 Å². The van der Waals surface area contributed by atoms with Gasteiger partial charge in [0, 0.05) is 24.2 Å². The highest BCUT2D eigenvalue weighted by atomic mass is 19.3. The zero-order valence-electron chi connectivity index (χ0n) is 19.2. The molecule has 3 rings (SSSR count). The SMILES string of the molecule is C=C(/C=C\C=C(/C)C(F)F)c1nc(Nc2ccncc2C(=O)NCC(=O)OCC)c2cccn2n1. The van der Waals surface area contributed by atoms with Gasteiger partial charge in [-0.25, -0.2) is 18.3 Å². The third kappa shape index (κ3) is 6.56. The molecule has 0 aliphatic carbocycles. The van der Waals surface area contributed by atoms with Gasteiger partial charge in [0.2, 0.25) is 0 Å². The first kappa shape index (κ1) is 25.2. The topological polar surface area (TPSA) is 111 Å². The van der Waals surface area contributed by atoms with Crippen LogP contribution >= 0.6 is 0 Å². The summed E-state index contributed by atoms with van der Waals surface area (Å²) in [5.74, 6) is -0.458. The highest BCUT2D eigenvalue weighted by Gasteiger charge is 2.16. The van der Waals surface area contributed by atoms with E-state index in [9.17, 15) is 18.4 Å². The zero-order valence-corrected chi connectivity index (χ0v) is 19.2. The van der Waals surface area contributed by atoms with Crippen LogP contribution in [0.1, 0.15) is 30.0 Å². The number of anilines is 2. The Morgan fingerprint density at radius 3 is 2.86 bits per heavy atom. The first-order chi connectivity index (χ1) is 16.8. The average Bonchev–Trinajstić information content (AvgIpc) is 3.32. The number of rotatable bonds is 10. The van der Waals surface area contributed by atoms with Crippen molar-refractivity contribution in [2.75, 3.05) is 18.5 Å². The Morgan fingerprint density at radius 2 is 2.11 bits per heavy atom. The van der Waals surface area contributed by atoms with E-state index in [1.54, 1.807) is 35.8 Å². The smallest absolute Gasteiger partial charge is 0.325 e. The highest BCUT2D eigenvalue weighted by molar-refractivity contribution is 6.01. The summed E-state index contributed by atoms with van der Waals surface area (Å²) >= 11 is 0. The molecule has 11 heteroatoms. The lowest BCUT2D eigenvalue weighted by Gasteiger charge is -2.13. The van der Waals surface area contributed by atoms with Crippen LogP contribution < -0.4 is 10.6 Å². The quantitative estimate of drug-likeness (QED) is 0.333. The largest absolute Gasteiger partial charge is 0.465 e. The second kappa shape index (κ2) is 11.6. The lowest BCUT2D eigenvalue weighted by molar-refractivity contribution is -0.141. The van der Waals surface area contributed by atoms with Crippen LogP contribution in [0.15, 0.2) is 67.2 Å². The molecule has 0 fully saturated rings. The Labute approximate surface area is 200 Å². The Bertz CT molecular complexity index is 1300. The van der Waals surface area contributed by atoms with Crippen LogP contribution in [0.4, 0.5) is 20.3 Å². The molecule has 3 heterocycles. The van der Waals surface area contributed by atoms with Gasteiger partial charge in [0.05, 0.1) is 17.9 Å². The Kier molecular flexibility index (Phi) is 8.38. The third-order valence-corrected chi connectivity index (χ3v) is 4.70. The van der Waals surface area contributed by atoms with Gasteiger partial charge in [-0.1, -0.05) is 24.8 Å². The van der Waals surface area contributed by atoms with Crippen LogP contribution in [0.25, 0.3) is 11.1 Å². The predicted molar refractivity (Wildman–Crippen MR) is 127 cm³/mol. The fourth-order valence-corrected chi connectivity index (χ4v) is 2.90. The molecule has 0 unspecified atom stereocenters. The number of carbonyl (C=O) groups excluding carboxylic acids is 2. The molecule has 0 spiro atoms. The van der Waals surface area contributed by atoms with E-state index in [0.717, 1.165) is 0 Å². The Balaban J connectivity index is 1.87. The number of allylic oxidation sites excluding steroid dienone is 5. The number of carbonyl (C=O) groups is 2. The van der Waals surface area contributed by atoms with Crippen molar-refractivity contribution >= 4 is 34.5 Å². The van der Waals surface area contributed by atoms with E-state index < -0.39 is 18.3 Å². The number of fused-ring (bicyclic) bond motifs is 1. The lowest BCUT2D eigenvalue weighted by Crippen LogP contribution is -2.31. The number of aromatic nitrogens is 4. The van der Waals surface area contributed by atoms with Gasteiger partial charge in [0.1, 0.15) is 12.1 Å². The Hall–Kier alpha value is -4.41. The summed E-state index contributed by atoms with van der Waals surface area (Å²) in [6.07, 6.45) is 6.31. The summed E-state index contributed by atoms with van der Waals surface area (Å²) in [6, 6.07) is 5.14. The molecule has 1 amide bonds. The van der Waals surface area contributed by atoms with Crippen molar-refractivity contribution in [3.05, 3.63) is 78.6 Å². The predicted octanol–water partition coefficient (Wildman–Crippen LogP) is 3.94. The molecule has 0 saturated heterocycles. The first-order valence-corrected chi connectivity index (χ1v) is 10.6. The molecule has 0 aliphatic heterocycles. The second-order valence-corrected chi connectivity index (χ2v) is 7.25. The van der Waals surface area contributed by atoms with Gasteiger partial charge in [0.25, 0.3) is 12.3 Å². The van der Waals surface area contributed by atoms with Crippen molar-refractivity contribution in [1.82, 2.24) is 24.9 Å². The van der Waals surface area contributed by atoms with E-state index in [0.29, 0.717) is 22.6 Å². The maximum absolute atomic E-state index is 12.7. The lowest BCUT2D eigenvalue weighted by atomic mass is 10.2. The molecule has 0 aliphatic rings. The summed E-state index contributed by atoms with van der Waals surface area (Å²) in [5.41, 5.74) is 1.51. The minimum Gasteiger partial charge on any atom is -0.465 e. The number of amides is 1. The number of halogens is 2. The number of nitrogens with one attached hydrogen (secondary N) is 2. The standard InChI is InChI=1S/C24H24F2N6O3/c1-4-35-20(33)14-28-24(34)17-13-27-11-10-18(17)29-23-19-9-6-12-32(19)31-22(30-23)16(3)8-5-7-15(2)21(25)26/h5-13,21H,3-4,14H2,1-2H3,(H,28,34)(H,27,29,30,31)/b8-5-,15-7+. The molecule has 0 aromatic carbocycles. The normalized spacial score (nSPS) is 11.7. The van der Waals surface area contributed by atoms with E-state index in [1.165, 1.54) is 37.5 Å². The van der Waals surface area contributed by atoms with Crippen molar-refractivity contribution in [3.8, 4) is 0 Å². The van der Waals surface area contributed by atoms with Crippen molar-refractivity contribution in [1.29, 1.82) is 0 Å². The Morgan fingerprint density at radius 1 is 1.31 bits per heavy atom. The summed E-state index contributed by atoms with van der Waals surface area (Å²) in [7, 11) is 0. The molecule has 0 saturated carbocycles. The number of pyridine rings is 1. The minimum absolute atomic E-state index is 0.0790. The number of ether oxygens (including phenoxy) is 1. The van der Waals surface area contributed by atoms with Gasteiger partial charge < -0.3 is 15.4 Å². The molecule has 0 bridgehead atoms. The van der Waals surface area contributed by atoms with E-state index in [1.807, 2.05) is 0 Å². The monoisotopic (exact) mass is 482 g/mol. The maximum atomic E-state index is 12.7.